The highest BCUT2D eigenvalue weighted by molar-refractivity contribution is 5.21. The van der Waals surface area contributed by atoms with E-state index in [0.29, 0.717) is 0 Å². The fourth-order valence-corrected chi connectivity index (χ4v) is 0.754. The molecule has 1 aliphatic rings. The van der Waals surface area contributed by atoms with Crippen molar-refractivity contribution in [1.82, 2.24) is 0 Å². The molecular weight excluding hydrogens is 112 g/mol. The molecule has 1 aliphatic heterocycles. The van der Waals surface area contributed by atoms with Crippen molar-refractivity contribution in [1.29, 1.82) is 0 Å². The van der Waals surface area contributed by atoms with Gasteiger partial charge in [0.05, 0.1) is 12.2 Å². The van der Waals surface area contributed by atoms with Crippen molar-refractivity contribution in [2.24, 2.45) is 10.2 Å². The molecule has 0 N–H and O–H groups in total. The molecule has 0 radical (unpaired) electrons. The maximum absolute atomic E-state index is 3.91. The monoisotopic (exact) mass is 122 g/mol. The number of allylic oxidation sites excluding steroid dienone is 3. The Morgan fingerprint density at radius 2 is 2.22 bits per heavy atom. The Kier molecular flexibility index (Phi) is 1.78. The van der Waals surface area contributed by atoms with E-state index in [2.05, 4.69) is 23.2 Å². The molecule has 0 atom stereocenters. The minimum atomic E-state index is 0.722. The van der Waals surface area contributed by atoms with Gasteiger partial charge < -0.3 is 0 Å². The zero-order chi connectivity index (χ0) is 6.69. The van der Waals surface area contributed by atoms with E-state index in [-0.39, 0.29) is 0 Å². The quantitative estimate of drug-likeness (QED) is 0.471. The zero-order valence-electron chi connectivity index (χ0n) is 5.76. The predicted molar refractivity (Wildman–Crippen MR) is 37.2 cm³/mol. The fourth-order valence-electron chi connectivity index (χ4n) is 0.754. The van der Waals surface area contributed by atoms with E-state index in [1.54, 1.807) is 0 Å². The van der Waals surface area contributed by atoms with Crippen molar-refractivity contribution in [3.63, 3.8) is 0 Å². The van der Waals surface area contributed by atoms with Crippen LogP contribution in [0.5, 0.6) is 0 Å². The first-order valence-corrected chi connectivity index (χ1v) is 3.01. The second-order valence-corrected chi connectivity index (χ2v) is 2.16. The number of nitrogens with zero attached hydrogens (tertiary/aromatic N) is 2. The first-order chi connectivity index (χ1) is 4.29. The van der Waals surface area contributed by atoms with E-state index in [4.69, 9.17) is 0 Å². The molecule has 0 amide bonds. The Morgan fingerprint density at radius 3 is 3.00 bits per heavy atom. The van der Waals surface area contributed by atoms with Gasteiger partial charge in [-0.05, 0) is 19.9 Å². The molecule has 2 nitrogen and oxygen atoms in total. The molecule has 0 aromatic carbocycles. The highest BCUT2D eigenvalue weighted by Gasteiger charge is 1.89. The molecule has 0 aliphatic carbocycles. The molecule has 1 heterocycles. The standard InChI is InChI=1S/C7H10N2/c1-6-3-4-8-9-7(2)5-6/h3,5H,4H2,1-2H3. The summed E-state index contributed by atoms with van der Waals surface area (Å²) >= 11 is 0. The maximum atomic E-state index is 3.91. The Hall–Kier alpha value is -0.920. The number of hydrogen-bond donors (Lipinski definition) is 0. The summed E-state index contributed by atoms with van der Waals surface area (Å²) in [4.78, 5) is 0. The highest BCUT2D eigenvalue weighted by Crippen LogP contribution is 2.06. The van der Waals surface area contributed by atoms with Crippen molar-refractivity contribution in [3.8, 4) is 0 Å². The number of hydrogen-bond acceptors (Lipinski definition) is 2. The largest absolute Gasteiger partial charge is 0.185 e. The molecular formula is C7H10N2. The summed E-state index contributed by atoms with van der Waals surface area (Å²) in [5, 5.41) is 7.79. The topological polar surface area (TPSA) is 24.7 Å². The third-order valence-electron chi connectivity index (χ3n) is 1.16. The molecule has 48 valence electrons. The third kappa shape index (κ3) is 1.80. The van der Waals surface area contributed by atoms with E-state index in [0.717, 1.165) is 12.2 Å². The Morgan fingerprint density at radius 1 is 1.44 bits per heavy atom. The van der Waals surface area contributed by atoms with Crippen LogP contribution in [0.2, 0.25) is 0 Å². The Balaban J connectivity index is 2.82. The van der Waals surface area contributed by atoms with Gasteiger partial charge in [-0.2, -0.15) is 10.2 Å². The molecule has 0 bridgehead atoms. The molecule has 0 fully saturated rings. The molecule has 0 saturated carbocycles. The first-order valence-electron chi connectivity index (χ1n) is 3.01. The maximum Gasteiger partial charge on any atom is 0.0789 e. The highest BCUT2D eigenvalue weighted by atomic mass is 15.1. The van der Waals surface area contributed by atoms with Crippen molar-refractivity contribution in [3.05, 3.63) is 23.4 Å². The lowest BCUT2D eigenvalue weighted by molar-refractivity contribution is 1.03. The van der Waals surface area contributed by atoms with Crippen LogP contribution in [-0.4, -0.2) is 6.54 Å². The van der Waals surface area contributed by atoms with E-state index < -0.39 is 0 Å². The summed E-state index contributed by atoms with van der Waals surface area (Å²) in [6, 6.07) is 0. The molecule has 0 aromatic rings. The van der Waals surface area contributed by atoms with Gasteiger partial charge >= 0.3 is 0 Å². The van der Waals surface area contributed by atoms with Gasteiger partial charge in [0.15, 0.2) is 0 Å². The summed E-state index contributed by atoms with van der Waals surface area (Å²) in [5.41, 5.74) is 2.23. The smallest absolute Gasteiger partial charge is 0.0789 e. The summed E-state index contributed by atoms with van der Waals surface area (Å²) in [5.74, 6) is 0. The average Bonchev–Trinajstić information content (AvgIpc) is 1.93. The van der Waals surface area contributed by atoms with Crippen molar-refractivity contribution < 1.29 is 0 Å². The molecule has 0 spiro atoms. The number of rotatable bonds is 0. The van der Waals surface area contributed by atoms with Crippen LogP contribution in [0, 0.1) is 0 Å². The lowest BCUT2D eigenvalue weighted by Crippen LogP contribution is -1.69. The minimum Gasteiger partial charge on any atom is -0.185 e. The van der Waals surface area contributed by atoms with E-state index >= 15 is 0 Å². The SMILES string of the molecule is CC1=CCN=NC(C)=C1. The summed E-state index contributed by atoms with van der Waals surface area (Å²) in [6.45, 7) is 4.73. The first kappa shape index (κ1) is 6.20. The van der Waals surface area contributed by atoms with Crippen LogP contribution in [0.1, 0.15) is 13.8 Å². The van der Waals surface area contributed by atoms with Gasteiger partial charge in [0.2, 0.25) is 0 Å². The summed E-state index contributed by atoms with van der Waals surface area (Å²) in [7, 11) is 0. The number of azo groups is 1. The van der Waals surface area contributed by atoms with E-state index in [1.807, 2.05) is 13.0 Å². The lowest BCUT2D eigenvalue weighted by atomic mass is 10.2. The van der Waals surface area contributed by atoms with Crippen molar-refractivity contribution in [2.45, 2.75) is 13.8 Å². The molecule has 0 aromatic heterocycles. The molecule has 0 saturated heterocycles. The summed E-state index contributed by atoms with van der Waals surface area (Å²) in [6.07, 6.45) is 4.08. The molecule has 2 heteroatoms. The van der Waals surface area contributed by atoms with E-state index in [1.165, 1.54) is 5.57 Å². The van der Waals surface area contributed by atoms with Gasteiger partial charge in [-0.15, -0.1) is 0 Å². The van der Waals surface area contributed by atoms with Crippen LogP contribution in [0.25, 0.3) is 0 Å². The van der Waals surface area contributed by atoms with Crippen LogP contribution in [0.3, 0.4) is 0 Å². The second-order valence-electron chi connectivity index (χ2n) is 2.16. The average molecular weight is 122 g/mol. The third-order valence-corrected chi connectivity index (χ3v) is 1.16. The van der Waals surface area contributed by atoms with Gasteiger partial charge in [0.25, 0.3) is 0 Å². The van der Waals surface area contributed by atoms with Gasteiger partial charge in [-0.1, -0.05) is 11.6 Å². The normalized spacial score (nSPS) is 18.4. The van der Waals surface area contributed by atoms with Crippen LogP contribution < -0.4 is 0 Å². The van der Waals surface area contributed by atoms with Gasteiger partial charge in [0, 0.05) is 0 Å². The summed E-state index contributed by atoms with van der Waals surface area (Å²) < 4.78 is 0. The fraction of sp³-hybridized carbons (Fsp3) is 0.429. The van der Waals surface area contributed by atoms with Gasteiger partial charge in [-0.25, -0.2) is 0 Å². The van der Waals surface area contributed by atoms with E-state index in [9.17, 15) is 0 Å². The van der Waals surface area contributed by atoms with Gasteiger partial charge in [-0.3, -0.25) is 0 Å². The van der Waals surface area contributed by atoms with Crippen molar-refractivity contribution >= 4 is 0 Å². The van der Waals surface area contributed by atoms with Crippen LogP contribution in [0.15, 0.2) is 33.7 Å². The molecule has 0 unspecified atom stereocenters. The Labute approximate surface area is 55.0 Å². The van der Waals surface area contributed by atoms with Crippen LogP contribution in [-0.2, 0) is 0 Å². The predicted octanol–water partition coefficient (Wildman–Crippen LogP) is 2.30. The lowest BCUT2D eigenvalue weighted by Gasteiger charge is -1.85. The van der Waals surface area contributed by atoms with Crippen LogP contribution in [0.4, 0.5) is 0 Å². The molecule has 9 heavy (non-hydrogen) atoms. The van der Waals surface area contributed by atoms with Gasteiger partial charge in [0.1, 0.15) is 0 Å². The van der Waals surface area contributed by atoms with Crippen molar-refractivity contribution in [2.75, 3.05) is 6.54 Å². The molecule has 1 rings (SSSR count). The Bertz CT molecular complexity index is 187. The minimum absolute atomic E-state index is 0.722. The second kappa shape index (κ2) is 2.58. The zero-order valence-corrected chi connectivity index (χ0v) is 5.76. The van der Waals surface area contributed by atoms with Crippen LogP contribution >= 0.6 is 0 Å².